The van der Waals surface area contributed by atoms with E-state index >= 15 is 0 Å². The first-order chi connectivity index (χ1) is 9.84. The number of benzene rings is 1. The smallest absolute Gasteiger partial charge is 0.166 e. The van der Waals surface area contributed by atoms with Crippen LogP contribution in [-0.4, -0.2) is 16.6 Å². The number of hydrogen-bond donors (Lipinski definition) is 2. The van der Waals surface area contributed by atoms with Crippen LogP contribution < -0.4 is 10.6 Å². The molecule has 0 unspecified atom stereocenters. The van der Waals surface area contributed by atoms with Crippen LogP contribution in [0.1, 0.15) is 17.5 Å². The third-order valence-electron chi connectivity index (χ3n) is 2.95. The Labute approximate surface area is 125 Å². The molecule has 1 aromatic heterocycles. The van der Waals surface area contributed by atoms with Crippen molar-refractivity contribution in [2.24, 2.45) is 0 Å². The van der Waals surface area contributed by atoms with Gasteiger partial charge < -0.3 is 10.6 Å². The predicted octanol–water partition coefficient (Wildman–Crippen LogP) is 2.68. The van der Waals surface area contributed by atoms with E-state index < -0.39 is 0 Å². The van der Waals surface area contributed by atoms with Gasteiger partial charge in [0.1, 0.15) is 0 Å². The van der Waals surface area contributed by atoms with Gasteiger partial charge in [-0.05, 0) is 42.3 Å². The number of aromatic nitrogens is 1. The van der Waals surface area contributed by atoms with Gasteiger partial charge in [-0.1, -0.05) is 36.4 Å². The molecule has 0 amide bonds. The molecule has 0 bridgehead atoms. The van der Waals surface area contributed by atoms with E-state index in [1.807, 2.05) is 24.4 Å². The second kappa shape index (κ2) is 8.27. The van der Waals surface area contributed by atoms with E-state index in [4.69, 9.17) is 12.2 Å². The van der Waals surface area contributed by atoms with Crippen molar-refractivity contribution >= 4 is 17.3 Å². The van der Waals surface area contributed by atoms with Crippen LogP contribution >= 0.6 is 12.2 Å². The molecule has 1 aromatic carbocycles. The Morgan fingerprint density at radius 2 is 1.80 bits per heavy atom. The third kappa shape index (κ3) is 5.36. The summed E-state index contributed by atoms with van der Waals surface area (Å²) in [7, 11) is 0. The molecule has 2 rings (SSSR count). The van der Waals surface area contributed by atoms with Crippen molar-refractivity contribution in [3.8, 4) is 0 Å². The zero-order chi connectivity index (χ0) is 14.0. The molecular formula is C16H19N3S. The molecule has 1 heterocycles. The Kier molecular flexibility index (Phi) is 5.99. The van der Waals surface area contributed by atoms with Crippen molar-refractivity contribution in [2.45, 2.75) is 19.4 Å². The zero-order valence-electron chi connectivity index (χ0n) is 11.4. The summed E-state index contributed by atoms with van der Waals surface area (Å²) in [6.07, 6.45) is 5.74. The highest BCUT2D eigenvalue weighted by atomic mass is 32.1. The summed E-state index contributed by atoms with van der Waals surface area (Å²) < 4.78 is 0. The number of nitrogens with zero attached hydrogens (tertiary/aromatic N) is 1. The molecule has 2 aromatic rings. The van der Waals surface area contributed by atoms with E-state index in [1.54, 1.807) is 6.20 Å². The molecule has 0 aliphatic carbocycles. The summed E-state index contributed by atoms with van der Waals surface area (Å²) in [6, 6.07) is 14.4. The molecular weight excluding hydrogens is 266 g/mol. The maximum Gasteiger partial charge on any atom is 0.166 e. The molecule has 20 heavy (non-hydrogen) atoms. The third-order valence-corrected chi connectivity index (χ3v) is 3.24. The molecule has 0 fully saturated rings. The average Bonchev–Trinajstić information content (AvgIpc) is 2.52. The number of rotatable bonds is 6. The van der Waals surface area contributed by atoms with E-state index in [2.05, 4.69) is 39.9 Å². The fourth-order valence-corrected chi connectivity index (χ4v) is 2.06. The van der Waals surface area contributed by atoms with Gasteiger partial charge in [0.2, 0.25) is 0 Å². The summed E-state index contributed by atoms with van der Waals surface area (Å²) in [6.45, 7) is 1.59. The summed E-state index contributed by atoms with van der Waals surface area (Å²) >= 11 is 5.24. The Morgan fingerprint density at radius 1 is 1.00 bits per heavy atom. The minimum absolute atomic E-state index is 0.696. The first-order valence-corrected chi connectivity index (χ1v) is 7.20. The highest BCUT2D eigenvalue weighted by Gasteiger charge is 1.97. The minimum Gasteiger partial charge on any atom is -0.363 e. The van der Waals surface area contributed by atoms with Crippen molar-refractivity contribution in [1.82, 2.24) is 15.6 Å². The fraction of sp³-hybridized carbons (Fsp3) is 0.250. The monoisotopic (exact) mass is 285 g/mol. The Hall–Kier alpha value is -1.94. The van der Waals surface area contributed by atoms with Gasteiger partial charge >= 0.3 is 0 Å². The molecule has 0 aliphatic heterocycles. The minimum atomic E-state index is 0.696. The predicted molar refractivity (Wildman–Crippen MR) is 86.4 cm³/mol. The van der Waals surface area contributed by atoms with Crippen LogP contribution in [0.15, 0.2) is 54.9 Å². The average molecular weight is 285 g/mol. The first-order valence-electron chi connectivity index (χ1n) is 6.79. The standard InChI is InChI=1S/C16H19N3S/c20-16(19-13-15-9-4-10-17-12-15)18-11-5-8-14-6-2-1-3-7-14/h1-4,6-7,9-10,12H,5,8,11,13H2,(H2,18,19,20). The molecule has 4 heteroatoms. The normalized spacial score (nSPS) is 10.0. The van der Waals surface area contributed by atoms with E-state index in [1.165, 1.54) is 5.56 Å². The number of thiocarbonyl (C=S) groups is 1. The molecule has 0 spiro atoms. The SMILES string of the molecule is S=C(NCCCc1ccccc1)NCc1cccnc1. The second-order valence-corrected chi connectivity index (χ2v) is 4.97. The van der Waals surface area contributed by atoms with E-state index in [9.17, 15) is 0 Å². The molecule has 0 atom stereocenters. The molecule has 0 aliphatic rings. The number of aryl methyl sites for hydroxylation is 1. The van der Waals surface area contributed by atoms with Crippen LogP contribution in [-0.2, 0) is 13.0 Å². The van der Waals surface area contributed by atoms with Crippen molar-refractivity contribution < 1.29 is 0 Å². The van der Waals surface area contributed by atoms with E-state index in [0.717, 1.165) is 24.9 Å². The molecule has 3 nitrogen and oxygen atoms in total. The maximum absolute atomic E-state index is 5.24. The summed E-state index contributed by atoms with van der Waals surface area (Å²) in [5.74, 6) is 0. The van der Waals surface area contributed by atoms with E-state index in [-0.39, 0.29) is 0 Å². The lowest BCUT2D eigenvalue weighted by atomic mass is 10.1. The van der Waals surface area contributed by atoms with Crippen LogP contribution in [0.3, 0.4) is 0 Å². The van der Waals surface area contributed by atoms with Gasteiger partial charge in [0.05, 0.1) is 0 Å². The molecule has 0 saturated carbocycles. The number of nitrogens with one attached hydrogen (secondary N) is 2. The molecule has 2 N–H and O–H groups in total. The van der Waals surface area contributed by atoms with Gasteiger partial charge in [-0.2, -0.15) is 0 Å². The highest BCUT2D eigenvalue weighted by molar-refractivity contribution is 7.80. The number of pyridine rings is 1. The van der Waals surface area contributed by atoms with Crippen LogP contribution in [0.5, 0.6) is 0 Å². The summed E-state index contributed by atoms with van der Waals surface area (Å²) in [5.41, 5.74) is 2.49. The summed E-state index contributed by atoms with van der Waals surface area (Å²) in [5, 5.41) is 7.10. The Morgan fingerprint density at radius 3 is 2.55 bits per heavy atom. The van der Waals surface area contributed by atoms with Gasteiger partial charge in [-0.25, -0.2) is 0 Å². The van der Waals surface area contributed by atoms with Gasteiger partial charge in [0.25, 0.3) is 0 Å². The van der Waals surface area contributed by atoms with Gasteiger partial charge in [-0.3, -0.25) is 4.98 Å². The largest absolute Gasteiger partial charge is 0.363 e. The number of hydrogen-bond acceptors (Lipinski definition) is 2. The molecule has 104 valence electrons. The van der Waals surface area contributed by atoms with Gasteiger partial charge in [-0.15, -0.1) is 0 Å². The maximum atomic E-state index is 5.24. The quantitative estimate of drug-likeness (QED) is 0.632. The van der Waals surface area contributed by atoms with Crippen molar-refractivity contribution in [3.63, 3.8) is 0 Å². The first kappa shape index (κ1) is 14.5. The lowest BCUT2D eigenvalue weighted by Gasteiger charge is -2.10. The topological polar surface area (TPSA) is 37.0 Å². The van der Waals surface area contributed by atoms with Crippen LogP contribution in [0.25, 0.3) is 0 Å². The van der Waals surface area contributed by atoms with E-state index in [0.29, 0.717) is 11.7 Å². The lowest BCUT2D eigenvalue weighted by Crippen LogP contribution is -2.35. The fourth-order valence-electron chi connectivity index (χ4n) is 1.89. The molecule has 0 radical (unpaired) electrons. The van der Waals surface area contributed by atoms with Crippen LogP contribution in [0, 0.1) is 0 Å². The highest BCUT2D eigenvalue weighted by Crippen LogP contribution is 2.01. The molecule has 0 saturated heterocycles. The van der Waals surface area contributed by atoms with Crippen molar-refractivity contribution in [2.75, 3.05) is 6.54 Å². The van der Waals surface area contributed by atoms with Gasteiger partial charge in [0.15, 0.2) is 5.11 Å². The second-order valence-electron chi connectivity index (χ2n) is 4.56. The van der Waals surface area contributed by atoms with Crippen molar-refractivity contribution in [3.05, 3.63) is 66.0 Å². The van der Waals surface area contributed by atoms with Crippen molar-refractivity contribution in [1.29, 1.82) is 0 Å². The lowest BCUT2D eigenvalue weighted by molar-refractivity contribution is 0.753. The van der Waals surface area contributed by atoms with Gasteiger partial charge in [0, 0.05) is 25.5 Å². The van der Waals surface area contributed by atoms with Crippen LogP contribution in [0.2, 0.25) is 0 Å². The Bertz CT molecular complexity index is 514. The Balaban J connectivity index is 1.59. The summed E-state index contributed by atoms with van der Waals surface area (Å²) in [4.78, 5) is 4.07. The zero-order valence-corrected chi connectivity index (χ0v) is 12.2. The van der Waals surface area contributed by atoms with Crippen LogP contribution in [0.4, 0.5) is 0 Å².